The molecule has 38 heavy (non-hydrogen) atoms. The molecule has 1 unspecified atom stereocenters. The highest BCUT2D eigenvalue weighted by atomic mass is 35.5. The van der Waals surface area contributed by atoms with Crippen LogP contribution in [-0.2, 0) is 9.59 Å². The number of amides is 1. The third-order valence-electron chi connectivity index (χ3n) is 6.09. The first-order chi connectivity index (χ1) is 18.2. The SMILES string of the molecule is COc1ccc(C2/C(=C(\O)c3cc(Cl)c(OC)cc3OC)C(=O)C(=O)N2c2ccc(OC(C)C)cc2)cc1. The number of halogens is 1. The number of rotatable bonds is 8. The topological polar surface area (TPSA) is 94.5 Å². The van der Waals surface area contributed by atoms with Gasteiger partial charge in [0.15, 0.2) is 0 Å². The van der Waals surface area contributed by atoms with Gasteiger partial charge >= 0.3 is 0 Å². The van der Waals surface area contributed by atoms with Crippen molar-refractivity contribution >= 4 is 34.7 Å². The first kappa shape index (κ1) is 26.9. The Labute approximate surface area is 225 Å². The molecule has 0 radical (unpaired) electrons. The van der Waals surface area contributed by atoms with Crippen molar-refractivity contribution in [3.63, 3.8) is 0 Å². The summed E-state index contributed by atoms with van der Waals surface area (Å²) in [5.74, 6) is -0.283. The Balaban J connectivity index is 1.92. The summed E-state index contributed by atoms with van der Waals surface area (Å²) in [6.07, 6.45) is -0.0271. The smallest absolute Gasteiger partial charge is 0.300 e. The van der Waals surface area contributed by atoms with Crippen molar-refractivity contribution in [2.24, 2.45) is 0 Å². The van der Waals surface area contributed by atoms with E-state index in [0.29, 0.717) is 28.5 Å². The predicted octanol–water partition coefficient (Wildman–Crippen LogP) is 5.78. The number of anilines is 1. The molecule has 1 amide bonds. The van der Waals surface area contributed by atoms with Crippen molar-refractivity contribution < 1.29 is 33.6 Å². The van der Waals surface area contributed by atoms with E-state index in [1.807, 2.05) is 13.8 Å². The maximum Gasteiger partial charge on any atom is 0.300 e. The van der Waals surface area contributed by atoms with Crippen LogP contribution in [0.5, 0.6) is 23.0 Å². The second-order valence-corrected chi connectivity index (χ2v) is 9.20. The zero-order valence-corrected chi connectivity index (χ0v) is 22.4. The molecule has 3 aromatic rings. The quantitative estimate of drug-likeness (QED) is 0.221. The number of hydrogen-bond acceptors (Lipinski definition) is 7. The Kier molecular flexibility index (Phi) is 7.83. The van der Waals surface area contributed by atoms with Gasteiger partial charge in [0.1, 0.15) is 28.8 Å². The molecule has 0 saturated carbocycles. The van der Waals surface area contributed by atoms with Gasteiger partial charge in [-0.3, -0.25) is 14.5 Å². The number of aliphatic hydroxyl groups is 1. The van der Waals surface area contributed by atoms with E-state index in [4.69, 9.17) is 30.5 Å². The lowest BCUT2D eigenvalue weighted by Gasteiger charge is -2.26. The fourth-order valence-corrected chi connectivity index (χ4v) is 4.59. The molecule has 1 atom stereocenters. The van der Waals surface area contributed by atoms with Gasteiger partial charge in [0.25, 0.3) is 11.7 Å². The van der Waals surface area contributed by atoms with E-state index in [0.717, 1.165) is 0 Å². The number of carbonyl (C=O) groups excluding carboxylic acids is 2. The maximum atomic E-state index is 13.5. The van der Waals surface area contributed by atoms with E-state index >= 15 is 0 Å². The highest BCUT2D eigenvalue weighted by Gasteiger charge is 2.47. The summed E-state index contributed by atoms with van der Waals surface area (Å²) in [7, 11) is 4.41. The van der Waals surface area contributed by atoms with Crippen LogP contribution < -0.4 is 23.8 Å². The molecule has 9 heteroatoms. The van der Waals surface area contributed by atoms with Gasteiger partial charge in [0.05, 0.1) is 49.6 Å². The summed E-state index contributed by atoms with van der Waals surface area (Å²) in [5, 5.41) is 11.7. The molecule has 1 saturated heterocycles. The van der Waals surface area contributed by atoms with Crippen molar-refractivity contribution in [3.8, 4) is 23.0 Å². The number of methoxy groups -OCH3 is 3. The Morgan fingerprint density at radius 1 is 0.868 bits per heavy atom. The minimum absolute atomic E-state index is 0.0271. The molecule has 3 aromatic carbocycles. The zero-order chi connectivity index (χ0) is 27.6. The van der Waals surface area contributed by atoms with E-state index in [2.05, 4.69) is 0 Å². The number of aliphatic hydroxyl groups excluding tert-OH is 1. The van der Waals surface area contributed by atoms with Crippen LogP contribution >= 0.6 is 11.6 Å². The summed E-state index contributed by atoms with van der Waals surface area (Å²) >= 11 is 6.33. The molecule has 0 spiro atoms. The van der Waals surface area contributed by atoms with Crippen LogP contribution in [0.2, 0.25) is 5.02 Å². The molecular formula is C29H28ClNO7. The first-order valence-electron chi connectivity index (χ1n) is 11.8. The van der Waals surface area contributed by atoms with Gasteiger partial charge in [-0.2, -0.15) is 0 Å². The van der Waals surface area contributed by atoms with Gasteiger partial charge in [0.2, 0.25) is 0 Å². The molecular weight excluding hydrogens is 510 g/mol. The van der Waals surface area contributed by atoms with Gasteiger partial charge in [-0.15, -0.1) is 0 Å². The molecule has 198 valence electrons. The molecule has 0 aliphatic carbocycles. The predicted molar refractivity (Wildman–Crippen MR) is 145 cm³/mol. The molecule has 1 heterocycles. The van der Waals surface area contributed by atoms with Gasteiger partial charge < -0.3 is 24.1 Å². The number of benzene rings is 3. The number of hydrogen-bond donors (Lipinski definition) is 1. The van der Waals surface area contributed by atoms with Crippen molar-refractivity contribution in [2.45, 2.75) is 26.0 Å². The minimum Gasteiger partial charge on any atom is -0.507 e. The number of ether oxygens (including phenoxy) is 4. The van der Waals surface area contributed by atoms with E-state index in [1.165, 1.54) is 31.3 Å². The number of carbonyl (C=O) groups is 2. The third-order valence-corrected chi connectivity index (χ3v) is 6.39. The average Bonchev–Trinajstić information content (AvgIpc) is 3.18. The standard InChI is InChI=1S/C29H28ClNO7/c1-16(2)38-20-12-8-18(9-13-20)31-26(17-6-10-19(35-3)11-7-17)25(28(33)29(31)34)27(32)21-14-22(30)24(37-5)15-23(21)36-4/h6-16,26,32H,1-5H3/b27-25+. The molecule has 1 fully saturated rings. The lowest BCUT2D eigenvalue weighted by atomic mass is 9.94. The highest BCUT2D eigenvalue weighted by Crippen LogP contribution is 2.45. The molecule has 1 aliphatic rings. The monoisotopic (exact) mass is 537 g/mol. The summed E-state index contributed by atoms with van der Waals surface area (Å²) in [5.41, 5.74) is 1.09. The van der Waals surface area contributed by atoms with Crippen LogP contribution in [-0.4, -0.2) is 44.2 Å². The summed E-state index contributed by atoms with van der Waals surface area (Å²) in [4.78, 5) is 28.3. The van der Waals surface area contributed by atoms with Crippen molar-refractivity contribution in [2.75, 3.05) is 26.2 Å². The van der Waals surface area contributed by atoms with Crippen LogP contribution in [0.4, 0.5) is 5.69 Å². The number of nitrogens with zero attached hydrogens (tertiary/aromatic N) is 1. The van der Waals surface area contributed by atoms with Gasteiger partial charge in [-0.1, -0.05) is 23.7 Å². The Bertz CT molecular complexity index is 1380. The molecule has 4 rings (SSSR count). The largest absolute Gasteiger partial charge is 0.507 e. The van der Waals surface area contributed by atoms with Gasteiger partial charge in [-0.25, -0.2) is 0 Å². The van der Waals surface area contributed by atoms with E-state index in [9.17, 15) is 14.7 Å². The molecule has 0 bridgehead atoms. The first-order valence-corrected chi connectivity index (χ1v) is 12.2. The molecule has 1 aliphatic heterocycles. The van der Waals surface area contributed by atoms with Crippen molar-refractivity contribution in [1.29, 1.82) is 0 Å². The van der Waals surface area contributed by atoms with Crippen LogP contribution in [0.1, 0.15) is 31.0 Å². The van der Waals surface area contributed by atoms with E-state index < -0.39 is 23.5 Å². The Morgan fingerprint density at radius 2 is 1.47 bits per heavy atom. The number of ketones is 1. The summed E-state index contributed by atoms with van der Waals surface area (Å²) < 4.78 is 21.7. The van der Waals surface area contributed by atoms with Gasteiger partial charge in [-0.05, 0) is 61.9 Å². The molecule has 8 nitrogen and oxygen atoms in total. The van der Waals surface area contributed by atoms with Crippen LogP contribution in [0.15, 0.2) is 66.2 Å². The highest BCUT2D eigenvalue weighted by molar-refractivity contribution is 6.51. The lowest BCUT2D eigenvalue weighted by Crippen LogP contribution is -2.29. The van der Waals surface area contributed by atoms with E-state index in [-0.39, 0.29) is 28.0 Å². The van der Waals surface area contributed by atoms with E-state index in [1.54, 1.807) is 55.6 Å². The Morgan fingerprint density at radius 3 is 2.03 bits per heavy atom. The lowest BCUT2D eigenvalue weighted by molar-refractivity contribution is -0.132. The summed E-state index contributed by atoms with van der Waals surface area (Å²) in [6, 6.07) is 15.8. The zero-order valence-electron chi connectivity index (χ0n) is 21.7. The molecule has 0 aromatic heterocycles. The maximum absolute atomic E-state index is 13.5. The second-order valence-electron chi connectivity index (χ2n) is 8.79. The fraction of sp³-hybridized carbons (Fsp3) is 0.241. The van der Waals surface area contributed by atoms with Crippen LogP contribution in [0, 0.1) is 0 Å². The van der Waals surface area contributed by atoms with Crippen molar-refractivity contribution in [3.05, 3.63) is 82.4 Å². The normalized spacial score (nSPS) is 16.6. The summed E-state index contributed by atoms with van der Waals surface area (Å²) in [6.45, 7) is 3.83. The number of Topliss-reactive ketones (excluding diaryl/α,β-unsaturated/α-hetero) is 1. The van der Waals surface area contributed by atoms with Crippen molar-refractivity contribution in [1.82, 2.24) is 0 Å². The third kappa shape index (κ3) is 4.99. The minimum atomic E-state index is -0.941. The van der Waals surface area contributed by atoms with Gasteiger partial charge in [0, 0.05) is 11.8 Å². The molecule has 1 N–H and O–H groups in total. The second kappa shape index (κ2) is 11.1. The average molecular weight is 538 g/mol. The Hall–Kier alpha value is -4.17. The van der Waals surface area contributed by atoms with Crippen LogP contribution in [0.25, 0.3) is 5.76 Å². The fourth-order valence-electron chi connectivity index (χ4n) is 4.35. The van der Waals surface area contributed by atoms with Crippen LogP contribution in [0.3, 0.4) is 0 Å².